The molecule has 0 fully saturated rings. The Morgan fingerprint density at radius 1 is 1.07 bits per heavy atom. The molecule has 6 nitrogen and oxygen atoms in total. The van der Waals surface area contributed by atoms with Crippen molar-refractivity contribution in [2.24, 2.45) is 0 Å². The average Bonchev–Trinajstić information content (AvgIpc) is 3.22. The fourth-order valence-electron chi connectivity index (χ4n) is 2.99. The second-order valence-electron chi connectivity index (χ2n) is 6.41. The van der Waals surface area contributed by atoms with Crippen molar-refractivity contribution in [1.29, 1.82) is 0 Å². The Bertz CT molecular complexity index is 1100. The van der Waals surface area contributed by atoms with E-state index in [0.717, 1.165) is 22.3 Å². The van der Waals surface area contributed by atoms with Gasteiger partial charge in [0, 0.05) is 48.9 Å². The van der Waals surface area contributed by atoms with Gasteiger partial charge in [0.15, 0.2) is 0 Å². The van der Waals surface area contributed by atoms with Gasteiger partial charge in [-0.25, -0.2) is 9.97 Å². The van der Waals surface area contributed by atoms with Gasteiger partial charge in [-0.05, 0) is 30.3 Å². The number of nitrogens with zero attached hydrogens (tertiary/aromatic N) is 4. The Labute approximate surface area is 157 Å². The highest BCUT2D eigenvalue weighted by atomic mass is 16.1. The minimum atomic E-state index is -0.244. The number of hydrogen-bond acceptors (Lipinski definition) is 4. The molecule has 27 heavy (non-hydrogen) atoms. The van der Waals surface area contributed by atoms with Gasteiger partial charge in [-0.15, -0.1) is 0 Å². The lowest BCUT2D eigenvalue weighted by atomic mass is 10.1. The van der Waals surface area contributed by atoms with E-state index < -0.39 is 0 Å². The third kappa shape index (κ3) is 3.37. The summed E-state index contributed by atoms with van der Waals surface area (Å²) in [5.41, 5.74) is 3.75. The molecule has 1 amide bonds. The van der Waals surface area contributed by atoms with E-state index in [9.17, 15) is 4.79 Å². The van der Waals surface area contributed by atoms with Crippen molar-refractivity contribution < 1.29 is 4.79 Å². The molecular formula is C21H19N5O. The van der Waals surface area contributed by atoms with Gasteiger partial charge in [-0.1, -0.05) is 24.3 Å². The molecule has 0 aliphatic heterocycles. The first-order valence-corrected chi connectivity index (χ1v) is 8.59. The number of carbonyl (C=O) groups is 1. The summed E-state index contributed by atoms with van der Waals surface area (Å²) in [5.74, 6) is -0.244. The average molecular weight is 357 g/mol. The number of carbonyl (C=O) groups excluding carboxylic acids is 1. The zero-order valence-electron chi connectivity index (χ0n) is 15.1. The van der Waals surface area contributed by atoms with Gasteiger partial charge in [-0.3, -0.25) is 4.79 Å². The summed E-state index contributed by atoms with van der Waals surface area (Å²) >= 11 is 0. The van der Waals surface area contributed by atoms with Crippen LogP contribution in [-0.2, 0) is 0 Å². The molecule has 4 rings (SSSR count). The lowest BCUT2D eigenvalue weighted by Gasteiger charge is -2.16. The highest BCUT2D eigenvalue weighted by molar-refractivity contribution is 6.06. The molecule has 2 aromatic heterocycles. The number of para-hydroxylation sites is 1. The first-order chi connectivity index (χ1) is 13.1. The third-order valence-corrected chi connectivity index (χ3v) is 4.32. The number of fused-ring (bicyclic) bond motifs is 1. The van der Waals surface area contributed by atoms with Crippen LogP contribution in [0.4, 0.5) is 11.4 Å². The highest BCUT2D eigenvalue weighted by Crippen LogP contribution is 2.25. The van der Waals surface area contributed by atoms with Crippen LogP contribution in [0, 0.1) is 0 Å². The lowest BCUT2D eigenvalue weighted by Crippen LogP contribution is -2.16. The van der Waals surface area contributed by atoms with Crippen LogP contribution >= 0.6 is 0 Å². The first-order valence-electron chi connectivity index (χ1n) is 8.59. The Morgan fingerprint density at radius 3 is 2.70 bits per heavy atom. The third-order valence-electron chi connectivity index (χ3n) is 4.32. The Morgan fingerprint density at radius 2 is 1.93 bits per heavy atom. The van der Waals surface area contributed by atoms with E-state index in [1.165, 1.54) is 0 Å². The monoisotopic (exact) mass is 357 g/mol. The van der Waals surface area contributed by atoms with Crippen LogP contribution in [0.25, 0.3) is 16.6 Å². The summed E-state index contributed by atoms with van der Waals surface area (Å²) in [6.07, 6.45) is 5.29. The minimum absolute atomic E-state index is 0.244. The van der Waals surface area contributed by atoms with Gasteiger partial charge < -0.3 is 14.8 Å². The van der Waals surface area contributed by atoms with Gasteiger partial charge in [0.05, 0.1) is 11.8 Å². The molecule has 0 saturated heterocycles. The van der Waals surface area contributed by atoms with Crippen molar-refractivity contribution in [3.05, 3.63) is 79.0 Å². The molecule has 0 saturated carbocycles. The molecular weight excluding hydrogens is 338 g/mol. The molecule has 0 atom stereocenters. The van der Waals surface area contributed by atoms with E-state index >= 15 is 0 Å². The quantitative estimate of drug-likeness (QED) is 0.604. The Hall–Kier alpha value is -3.67. The first kappa shape index (κ1) is 16.8. The zero-order chi connectivity index (χ0) is 18.8. The van der Waals surface area contributed by atoms with Gasteiger partial charge in [0.2, 0.25) is 0 Å². The summed E-state index contributed by atoms with van der Waals surface area (Å²) < 4.78 is 1.88. The predicted molar refractivity (Wildman–Crippen MR) is 108 cm³/mol. The Balaban J connectivity index is 1.67. The SMILES string of the molecule is CN(C)c1cc(C(=O)Nc2cccc(-n3ccnc3)c2)nc2ccccc12. The maximum Gasteiger partial charge on any atom is 0.274 e. The van der Waals surface area contributed by atoms with Crippen LogP contribution in [-0.4, -0.2) is 34.5 Å². The molecule has 2 heterocycles. The lowest BCUT2D eigenvalue weighted by molar-refractivity contribution is 0.102. The Kier molecular flexibility index (Phi) is 4.30. The molecule has 0 spiro atoms. The van der Waals surface area contributed by atoms with Crippen LogP contribution in [0.3, 0.4) is 0 Å². The summed E-state index contributed by atoms with van der Waals surface area (Å²) in [6, 6.07) is 17.2. The second kappa shape index (κ2) is 6.92. The van der Waals surface area contributed by atoms with E-state index in [1.54, 1.807) is 12.5 Å². The largest absolute Gasteiger partial charge is 0.377 e. The number of amides is 1. The van der Waals surface area contributed by atoms with Crippen LogP contribution in [0.15, 0.2) is 73.3 Å². The number of aromatic nitrogens is 3. The highest BCUT2D eigenvalue weighted by Gasteiger charge is 2.13. The molecule has 0 bridgehead atoms. The summed E-state index contributed by atoms with van der Waals surface area (Å²) in [6.45, 7) is 0. The van der Waals surface area contributed by atoms with Gasteiger partial charge in [-0.2, -0.15) is 0 Å². The van der Waals surface area contributed by atoms with Crippen LogP contribution in [0.1, 0.15) is 10.5 Å². The standard InChI is InChI=1S/C21H19N5O/c1-25(2)20-13-19(24-18-9-4-3-8-17(18)20)21(27)23-15-6-5-7-16(12-15)26-11-10-22-14-26/h3-14H,1-2H3,(H,23,27). The number of benzene rings is 2. The number of rotatable bonds is 4. The molecule has 134 valence electrons. The molecule has 4 aromatic rings. The van der Waals surface area contributed by atoms with E-state index in [2.05, 4.69) is 15.3 Å². The number of imidazole rings is 1. The van der Waals surface area contributed by atoms with Crippen LogP contribution < -0.4 is 10.2 Å². The van der Waals surface area contributed by atoms with Crippen LogP contribution in [0.2, 0.25) is 0 Å². The molecule has 0 aliphatic carbocycles. The number of anilines is 2. The van der Waals surface area contributed by atoms with Gasteiger partial charge in [0.1, 0.15) is 5.69 Å². The molecule has 0 radical (unpaired) electrons. The normalized spacial score (nSPS) is 10.7. The number of nitrogens with one attached hydrogen (secondary N) is 1. The van der Waals surface area contributed by atoms with E-state index in [1.807, 2.05) is 84.4 Å². The predicted octanol–water partition coefficient (Wildman–Crippen LogP) is 3.74. The number of hydrogen-bond donors (Lipinski definition) is 1. The van der Waals surface area contributed by atoms with Crippen molar-refractivity contribution in [3.63, 3.8) is 0 Å². The topological polar surface area (TPSA) is 63.1 Å². The van der Waals surface area contributed by atoms with Crippen molar-refractivity contribution in [1.82, 2.24) is 14.5 Å². The molecule has 1 N–H and O–H groups in total. The summed E-state index contributed by atoms with van der Waals surface area (Å²) in [5, 5.41) is 3.95. The minimum Gasteiger partial charge on any atom is -0.377 e. The van der Waals surface area contributed by atoms with E-state index in [4.69, 9.17) is 0 Å². The molecule has 0 unspecified atom stereocenters. The van der Waals surface area contributed by atoms with E-state index in [-0.39, 0.29) is 5.91 Å². The number of pyridine rings is 1. The molecule has 6 heteroatoms. The van der Waals surface area contributed by atoms with Crippen molar-refractivity contribution in [2.75, 3.05) is 24.3 Å². The maximum atomic E-state index is 12.8. The second-order valence-corrected chi connectivity index (χ2v) is 6.41. The maximum absolute atomic E-state index is 12.8. The summed E-state index contributed by atoms with van der Waals surface area (Å²) in [7, 11) is 3.91. The van der Waals surface area contributed by atoms with Gasteiger partial charge in [0.25, 0.3) is 5.91 Å². The zero-order valence-corrected chi connectivity index (χ0v) is 15.1. The fraction of sp³-hybridized carbons (Fsp3) is 0.0952. The van der Waals surface area contributed by atoms with Crippen molar-refractivity contribution in [2.45, 2.75) is 0 Å². The smallest absolute Gasteiger partial charge is 0.274 e. The van der Waals surface area contributed by atoms with Crippen LogP contribution in [0.5, 0.6) is 0 Å². The summed E-state index contributed by atoms with van der Waals surface area (Å²) in [4.78, 5) is 23.4. The van der Waals surface area contributed by atoms with Crippen molar-refractivity contribution >= 4 is 28.2 Å². The van der Waals surface area contributed by atoms with Gasteiger partial charge >= 0.3 is 0 Å². The van der Waals surface area contributed by atoms with E-state index in [0.29, 0.717) is 11.4 Å². The fourth-order valence-corrected chi connectivity index (χ4v) is 2.99. The molecule has 0 aliphatic rings. The van der Waals surface area contributed by atoms with Crippen molar-refractivity contribution in [3.8, 4) is 5.69 Å². The molecule has 2 aromatic carbocycles.